The number of aromatic nitrogens is 1. The Morgan fingerprint density at radius 1 is 1.44 bits per heavy atom. The summed E-state index contributed by atoms with van der Waals surface area (Å²) < 4.78 is 0. The number of thiazole rings is 1. The van der Waals surface area contributed by atoms with Crippen molar-refractivity contribution < 1.29 is 14.8 Å². The molecular formula is C11H11BN2O3S. The van der Waals surface area contributed by atoms with E-state index in [1.807, 2.05) is 12.3 Å². The maximum atomic E-state index is 11.9. The number of anilines is 1. The molecule has 0 saturated carbocycles. The molecule has 0 unspecified atom stereocenters. The van der Waals surface area contributed by atoms with Crippen LogP contribution in [0.25, 0.3) is 0 Å². The Bertz CT molecular complexity index is 571. The molecule has 0 spiro atoms. The predicted molar refractivity (Wildman–Crippen MR) is 71.1 cm³/mol. The summed E-state index contributed by atoms with van der Waals surface area (Å²) >= 11 is 1.34. The Labute approximate surface area is 108 Å². The SMILES string of the molecule is Cc1csc(NC(=O)c2cccc(B(O)O)c2)n1. The monoisotopic (exact) mass is 262 g/mol. The Morgan fingerprint density at radius 3 is 2.83 bits per heavy atom. The highest BCUT2D eigenvalue weighted by Gasteiger charge is 2.14. The molecule has 7 heteroatoms. The van der Waals surface area contributed by atoms with Gasteiger partial charge in [0.05, 0.1) is 5.69 Å². The minimum atomic E-state index is -1.58. The highest BCUT2D eigenvalue weighted by atomic mass is 32.1. The second kappa shape index (κ2) is 5.30. The smallest absolute Gasteiger partial charge is 0.423 e. The summed E-state index contributed by atoms with van der Waals surface area (Å²) in [5.74, 6) is -0.327. The van der Waals surface area contributed by atoms with Gasteiger partial charge in [0.2, 0.25) is 0 Å². The standard InChI is InChI=1S/C11H11BN2O3S/c1-7-6-18-11(13-7)14-10(15)8-3-2-4-9(5-8)12(16)17/h2-6,16-17H,1H3,(H,13,14,15). The van der Waals surface area contributed by atoms with Crippen molar-refractivity contribution >= 4 is 35.0 Å². The molecule has 0 aliphatic heterocycles. The molecule has 0 radical (unpaired) electrons. The average molecular weight is 262 g/mol. The quantitative estimate of drug-likeness (QED) is 0.698. The van der Waals surface area contributed by atoms with Crippen molar-refractivity contribution in [2.75, 3.05) is 5.32 Å². The highest BCUT2D eigenvalue weighted by Crippen LogP contribution is 2.15. The van der Waals surface area contributed by atoms with Crippen molar-refractivity contribution in [3.63, 3.8) is 0 Å². The van der Waals surface area contributed by atoms with Crippen LogP contribution < -0.4 is 10.8 Å². The number of amides is 1. The van der Waals surface area contributed by atoms with Gasteiger partial charge in [-0.25, -0.2) is 4.98 Å². The molecule has 2 aromatic rings. The van der Waals surface area contributed by atoms with Crippen LogP contribution >= 0.6 is 11.3 Å². The first-order chi connectivity index (χ1) is 8.56. The zero-order valence-electron chi connectivity index (χ0n) is 9.62. The van der Waals surface area contributed by atoms with Gasteiger partial charge in [0, 0.05) is 10.9 Å². The highest BCUT2D eigenvalue weighted by molar-refractivity contribution is 7.13. The van der Waals surface area contributed by atoms with E-state index < -0.39 is 7.12 Å². The lowest BCUT2D eigenvalue weighted by Gasteiger charge is -2.04. The Kier molecular flexibility index (Phi) is 3.76. The van der Waals surface area contributed by atoms with Gasteiger partial charge in [-0.1, -0.05) is 12.1 Å². The molecule has 1 heterocycles. The van der Waals surface area contributed by atoms with Gasteiger partial charge in [0.25, 0.3) is 5.91 Å². The summed E-state index contributed by atoms with van der Waals surface area (Å²) in [6, 6.07) is 6.16. The second-order valence-electron chi connectivity index (χ2n) is 3.75. The van der Waals surface area contributed by atoms with E-state index in [4.69, 9.17) is 10.0 Å². The van der Waals surface area contributed by atoms with Gasteiger partial charge in [-0.15, -0.1) is 11.3 Å². The molecule has 0 aliphatic rings. The summed E-state index contributed by atoms with van der Waals surface area (Å²) in [6.45, 7) is 1.84. The van der Waals surface area contributed by atoms with Crippen molar-refractivity contribution in [1.29, 1.82) is 0 Å². The first-order valence-electron chi connectivity index (χ1n) is 5.26. The van der Waals surface area contributed by atoms with Gasteiger partial charge in [-0.2, -0.15) is 0 Å². The molecule has 18 heavy (non-hydrogen) atoms. The van der Waals surface area contributed by atoms with Crippen molar-refractivity contribution in [1.82, 2.24) is 4.98 Å². The summed E-state index contributed by atoms with van der Waals surface area (Å²) in [6.07, 6.45) is 0. The number of carbonyl (C=O) groups excluding carboxylic acids is 1. The summed E-state index contributed by atoms with van der Waals surface area (Å²) in [4.78, 5) is 16.0. The molecular weight excluding hydrogens is 251 g/mol. The zero-order chi connectivity index (χ0) is 13.1. The number of benzene rings is 1. The maximum Gasteiger partial charge on any atom is 0.488 e. The third kappa shape index (κ3) is 2.95. The Hall–Kier alpha value is -1.70. The Balaban J connectivity index is 2.16. The molecule has 5 nitrogen and oxygen atoms in total. The van der Waals surface area contributed by atoms with E-state index in [-0.39, 0.29) is 11.4 Å². The molecule has 0 atom stereocenters. The van der Waals surface area contributed by atoms with E-state index in [1.54, 1.807) is 12.1 Å². The molecule has 0 aliphatic carbocycles. The van der Waals surface area contributed by atoms with Crippen molar-refractivity contribution in [2.45, 2.75) is 6.92 Å². The molecule has 2 rings (SSSR count). The van der Waals surface area contributed by atoms with Crippen molar-refractivity contribution in [3.05, 3.63) is 40.9 Å². The van der Waals surface area contributed by atoms with Crippen molar-refractivity contribution in [2.24, 2.45) is 0 Å². The number of aryl methyl sites for hydroxylation is 1. The van der Waals surface area contributed by atoms with E-state index >= 15 is 0 Å². The van der Waals surface area contributed by atoms with Crippen LogP contribution in [0.3, 0.4) is 0 Å². The van der Waals surface area contributed by atoms with Gasteiger partial charge in [-0.3, -0.25) is 10.1 Å². The lowest BCUT2D eigenvalue weighted by atomic mass is 9.79. The molecule has 0 fully saturated rings. The van der Waals surface area contributed by atoms with Crippen molar-refractivity contribution in [3.8, 4) is 0 Å². The van der Waals surface area contributed by atoms with Crippen LogP contribution in [0.2, 0.25) is 0 Å². The van der Waals surface area contributed by atoms with Crippen LogP contribution in [0.15, 0.2) is 29.6 Å². The third-order valence-electron chi connectivity index (χ3n) is 2.29. The summed E-state index contributed by atoms with van der Waals surface area (Å²) in [5, 5.41) is 23.1. The van der Waals surface area contributed by atoms with E-state index in [2.05, 4.69) is 10.3 Å². The molecule has 1 aromatic carbocycles. The predicted octanol–water partition coefficient (Wildman–Crippen LogP) is 0.384. The summed E-state index contributed by atoms with van der Waals surface area (Å²) in [5.41, 5.74) is 1.47. The number of carbonyl (C=O) groups is 1. The largest absolute Gasteiger partial charge is 0.488 e. The lowest BCUT2D eigenvalue weighted by molar-refractivity contribution is 0.102. The van der Waals surface area contributed by atoms with Gasteiger partial charge < -0.3 is 10.0 Å². The number of hydrogen-bond donors (Lipinski definition) is 3. The second-order valence-corrected chi connectivity index (χ2v) is 4.61. The molecule has 1 amide bonds. The number of nitrogens with one attached hydrogen (secondary N) is 1. The van der Waals surface area contributed by atoms with Gasteiger partial charge in [0.15, 0.2) is 5.13 Å². The molecule has 0 saturated heterocycles. The fraction of sp³-hybridized carbons (Fsp3) is 0.0909. The minimum absolute atomic E-state index is 0.276. The fourth-order valence-corrected chi connectivity index (χ4v) is 2.10. The van der Waals surface area contributed by atoms with Crippen LogP contribution in [0.1, 0.15) is 16.1 Å². The van der Waals surface area contributed by atoms with Gasteiger partial charge in [0.1, 0.15) is 0 Å². The van der Waals surface area contributed by atoms with Crippen LogP contribution in [0, 0.1) is 6.92 Å². The van der Waals surface area contributed by atoms with Gasteiger partial charge in [-0.05, 0) is 24.5 Å². The molecule has 0 bridgehead atoms. The van der Waals surface area contributed by atoms with E-state index in [0.717, 1.165) is 5.69 Å². The molecule has 1 aromatic heterocycles. The summed E-state index contributed by atoms with van der Waals surface area (Å²) in [7, 11) is -1.58. The number of nitrogens with zero attached hydrogens (tertiary/aromatic N) is 1. The maximum absolute atomic E-state index is 11.9. The van der Waals surface area contributed by atoms with Crippen LogP contribution in [-0.2, 0) is 0 Å². The Morgan fingerprint density at radius 2 is 2.22 bits per heavy atom. The van der Waals surface area contributed by atoms with E-state index in [1.165, 1.54) is 23.5 Å². The molecule has 92 valence electrons. The van der Waals surface area contributed by atoms with E-state index in [0.29, 0.717) is 10.7 Å². The topological polar surface area (TPSA) is 82.5 Å². The average Bonchev–Trinajstić information content (AvgIpc) is 2.75. The lowest BCUT2D eigenvalue weighted by Crippen LogP contribution is -2.30. The number of rotatable bonds is 3. The zero-order valence-corrected chi connectivity index (χ0v) is 10.4. The number of hydrogen-bond acceptors (Lipinski definition) is 5. The van der Waals surface area contributed by atoms with Gasteiger partial charge >= 0.3 is 7.12 Å². The molecule has 3 N–H and O–H groups in total. The fourth-order valence-electron chi connectivity index (χ4n) is 1.42. The van der Waals surface area contributed by atoms with E-state index in [9.17, 15) is 4.79 Å². The first-order valence-corrected chi connectivity index (χ1v) is 6.14. The normalized spacial score (nSPS) is 10.2. The van der Waals surface area contributed by atoms with Crippen LogP contribution in [-0.4, -0.2) is 28.1 Å². The third-order valence-corrected chi connectivity index (χ3v) is 3.16. The van der Waals surface area contributed by atoms with Crippen LogP contribution in [0.5, 0.6) is 0 Å². The van der Waals surface area contributed by atoms with Crippen LogP contribution in [0.4, 0.5) is 5.13 Å². The first kappa shape index (κ1) is 12.8. The minimum Gasteiger partial charge on any atom is -0.423 e.